The predicted molar refractivity (Wildman–Crippen MR) is 96.7 cm³/mol. The van der Waals surface area contributed by atoms with Gasteiger partial charge in [-0.3, -0.25) is 9.59 Å². The fraction of sp³-hybridized carbons (Fsp3) is 0.550. The van der Waals surface area contributed by atoms with Crippen LogP contribution in [-0.2, 0) is 15.0 Å². The molecule has 2 N–H and O–H groups in total. The Balaban J connectivity index is 2.01. The van der Waals surface area contributed by atoms with E-state index in [1.807, 2.05) is 13.0 Å². The lowest BCUT2D eigenvalue weighted by atomic mass is 9.82. The number of hydrogen-bond acceptors (Lipinski definition) is 3. The number of nitrogens with one attached hydrogen (secondary N) is 2. The van der Waals surface area contributed by atoms with Gasteiger partial charge in [0, 0.05) is 12.6 Å². The Bertz CT molecular complexity index is 720. The lowest BCUT2D eigenvalue weighted by molar-refractivity contribution is -0.128. The van der Waals surface area contributed by atoms with Crippen LogP contribution in [0.3, 0.4) is 0 Å². The Kier molecular flexibility index (Phi) is 6.36. The third-order valence-corrected chi connectivity index (χ3v) is 5.14. The molecule has 0 unspecified atom stereocenters. The van der Waals surface area contributed by atoms with Crippen LogP contribution in [0, 0.1) is 23.1 Å². The van der Waals surface area contributed by atoms with Crippen LogP contribution < -0.4 is 10.6 Å². The lowest BCUT2D eigenvalue weighted by Gasteiger charge is -2.29. The van der Waals surface area contributed by atoms with Crippen molar-refractivity contribution in [1.82, 2.24) is 10.6 Å². The standard InChI is InChI=1S/C20H26FN3O2/c1-4-14(18(25)24-17-6-5-7-17)12-23-19(26)20(2,3)15-8-13(11-22)9-16(21)10-15/h8-10,14,17H,4-7,12H2,1-3H3,(H,23,26)(H,24,25)/t14-/m1/s1. The van der Waals surface area contributed by atoms with Gasteiger partial charge in [-0.05, 0) is 63.3 Å². The molecule has 1 saturated carbocycles. The predicted octanol–water partition coefficient (Wildman–Crippen LogP) is 2.79. The van der Waals surface area contributed by atoms with Crippen LogP contribution in [0.15, 0.2) is 18.2 Å². The van der Waals surface area contributed by atoms with Gasteiger partial charge in [-0.25, -0.2) is 4.39 Å². The summed E-state index contributed by atoms with van der Waals surface area (Å²) in [5, 5.41) is 14.8. The van der Waals surface area contributed by atoms with E-state index < -0.39 is 11.2 Å². The smallest absolute Gasteiger partial charge is 0.230 e. The van der Waals surface area contributed by atoms with Gasteiger partial charge in [0.05, 0.1) is 23.0 Å². The zero-order chi connectivity index (χ0) is 19.3. The summed E-state index contributed by atoms with van der Waals surface area (Å²) in [5.74, 6) is -1.18. The van der Waals surface area contributed by atoms with Gasteiger partial charge in [-0.1, -0.05) is 6.92 Å². The molecule has 1 aliphatic carbocycles. The van der Waals surface area contributed by atoms with Gasteiger partial charge in [0.15, 0.2) is 0 Å². The van der Waals surface area contributed by atoms with Crippen molar-refractivity contribution in [3.05, 3.63) is 35.1 Å². The quantitative estimate of drug-likeness (QED) is 0.785. The van der Waals surface area contributed by atoms with Gasteiger partial charge < -0.3 is 10.6 Å². The fourth-order valence-electron chi connectivity index (χ4n) is 2.88. The molecule has 5 nitrogen and oxygen atoms in total. The number of benzene rings is 1. The molecular weight excluding hydrogens is 333 g/mol. The molecule has 0 radical (unpaired) electrons. The second-order valence-electron chi connectivity index (χ2n) is 7.42. The first-order valence-corrected chi connectivity index (χ1v) is 9.07. The number of nitrogens with zero attached hydrogens (tertiary/aromatic N) is 1. The van der Waals surface area contributed by atoms with E-state index in [4.69, 9.17) is 5.26 Å². The Labute approximate surface area is 154 Å². The topological polar surface area (TPSA) is 82.0 Å². The van der Waals surface area contributed by atoms with Crippen molar-refractivity contribution in [2.75, 3.05) is 6.54 Å². The minimum absolute atomic E-state index is 0.0344. The van der Waals surface area contributed by atoms with Gasteiger partial charge in [0.1, 0.15) is 5.82 Å². The first kappa shape index (κ1) is 19.9. The van der Waals surface area contributed by atoms with E-state index in [-0.39, 0.29) is 35.9 Å². The van der Waals surface area contributed by atoms with Crippen LogP contribution in [0.4, 0.5) is 4.39 Å². The molecule has 0 bridgehead atoms. The van der Waals surface area contributed by atoms with Gasteiger partial charge in [0.25, 0.3) is 0 Å². The lowest BCUT2D eigenvalue weighted by Crippen LogP contribution is -2.47. The zero-order valence-electron chi connectivity index (χ0n) is 15.6. The van der Waals surface area contributed by atoms with Crippen LogP contribution in [0.25, 0.3) is 0 Å². The summed E-state index contributed by atoms with van der Waals surface area (Å²) in [6, 6.07) is 6.08. The molecule has 140 valence electrons. The number of hydrogen-bond donors (Lipinski definition) is 2. The first-order valence-electron chi connectivity index (χ1n) is 9.07. The number of carbonyl (C=O) groups excluding carboxylic acids is 2. The van der Waals surface area contributed by atoms with Crippen LogP contribution >= 0.6 is 0 Å². The molecule has 2 amide bonds. The zero-order valence-corrected chi connectivity index (χ0v) is 15.6. The highest BCUT2D eigenvalue weighted by molar-refractivity contribution is 5.88. The van der Waals surface area contributed by atoms with Gasteiger partial charge in [-0.2, -0.15) is 5.26 Å². The van der Waals surface area contributed by atoms with E-state index in [0.29, 0.717) is 12.0 Å². The molecule has 2 rings (SSSR count). The minimum Gasteiger partial charge on any atom is -0.355 e. The third-order valence-electron chi connectivity index (χ3n) is 5.14. The molecule has 1 atom stereocenters. The van der Waals surface area contributed by atoms with Crippen molar-refractivity contribution < 1.29 is 14.0 Å². The van der Waals surface area contributed by atoms with Crippen molar-refractivity contribution >= 4 is 11.8 Å². The molecular formula is C20H26FN3O2. The van der Waals surface area contributed by atoms with E-state index in [1.54, 1.807) is 13.8 Å². The summed E-state index contributed by atoms with van der Waals surface area (Å²) >= 11 is 0. The summed E-state index contributed by atoms with van der Waals surface area (Å²) < 4.78 is 13.7. The summed E-state index contributed by atoms with van der Waals surface area (Å²) in [6.45, 7) is 5.49. The Morgan fingerprint density at radius 2 is 2.04 bits per heavy atom. The fourth-order valence-corrected chi connectivity index (χ4v) is 2.88. The van der Waals surface area contributed by atoms with Gasteiger partial charge >= 0.3 is 0 Å². The van der Waals surface area contributed by atoms with E-state index >= 15 is 0 Å². The molecule has 1 aromatic carbocycles. The maximum absolute atomic E-state index is 13.7. The Morgan fingerprint density at radius 1 is 1.35 bits per heavy atom. The van der Waals surface area contributed by atoms with E-state index in [0.717, 1.165) is 25.3 Å². The average Bonchev–Trinajstić information content (AvgIpc) is 2.57. The van der Waals surface area contributed by atoms with Crippen LogP contribution in [0.5, 0.6) is 0 Å². The average molecular weight is 359 g/mol. The third kappa shape index (κ3) is 4.60. The van der Waals surface area contributed by atoms with Crippen molar-refractivity contribution in [2.24, 2.45) is 5.92 Å². The second kappa shape index (κ2) is 8.31. The molecule has 0 saturated heterocycles. The highest BCUT2D eigenvalue weighted by atomic mass is 19.1. The second-order valence-corrected chi connectivity index (χ2v) is 7.42. The molecule has 0 aromatic heterocycles. The maximum atomic E-state index is 13.7. The largest absolute Gasteiger partial charge is 0.355 e. The SMILES string of the molecule is CC[C@H](CNC(=O)C(C)(C)c1cc(F)cc(C#N)c1)C(=O)NC1CCC1. The highest BCUT2D eigenvalue weighted by Crippen LogP contribution is 2.25. The number of halogens is 1. The van der Waals surface area contributed by atoms with Crippen molar-refractivity contribution in [2.45, 2.75) is 57.9 Å². The molecule has 0 heterocycles. The summed E-state index contributed by atoms with van der Waals surface area (Å²) in [5.41, 5.74) is -0.415. The van der Waals surface area contributed by atoms with Gasteiger partial charge in [-0.15, -0.1) is 0 Å². The summed E-state index contributed by atoms with van der Waals surface area (Å²) in [4.78, 5) is 25.0. The monoisotopic (exact) mass is 359 g/mol. The first-order chi connectivity index (χ1) is 12.3. The van der Waals surface area contributed by atoms with E-state index in [9.17, 15) is 14.0 Å². The van der Waals surface area contributed by atoms with E-state index in [2.05, 4.69) is 10.6 Å². The minimum atomic E-state index is -1.02. The van der Waals surface area contributed by atoms with Crippen LogP contribution in [0.1, 0.15) is 57.6 Å². The molecule has 0 aliphatic heterocycles. The van der Waals surface area contributed by atoms with Crippen LogP contribution in [0.2, 0.25) is 0 Å². The molecule has 1 aromatic rings. The number of rotatable bonds is 7. The number of carbonyl (C=O) groups is 2. The molecule has 6 heteroatoms. The Hall–Kier alpha value is -2.42. The van der Waals surface area contributed by atoms with Crippen molar-refractivity contribution in [3.8, 4) is 6.07 Å². The summed E-state index contributed by atoms with van der Waals surface area (Å²) in [6.07, 6.45) is 3.80. The molecule has 0 spiro atoms. The Morgan fingerprint density at radius 3 is 2.58 bits per heavy atom. The van der Waals surface area contributed by atoms with Crippen molar-refractivity contribution in [3.63, 3.8) is 0 Å². The highest BCUT2D eigenvalue weighted by Gasteiger charge is 2.32. The van der Waals surface area contributed by atoms with E-state index in [1.165, 1.54) is 12.1 Å². The normalized spacial score (nSPS) is 15.5. The van der Waals surface area contributed by atoms with Crippen molar-refractivity contribution in [1.29, 1.82) is 5.26 Å². The maximum Gasteiger partial charge on any atom is 0.230 e. The number of amides is 2. The number of nitriles is 1. The molecule has 26 heavy (non-hydrogen) atoms. The molecule has 1 fully saturated rings. The summed E-state index contributed by atoms with van der Waals surface area (Å²) in [7, 11) is 0. The van der Waals surface area contributed by atoms with Gasteiger partial charge in [0.2, 0.25) is 11.8 Å². The molecule has 1 aliphatic rings. The van der Waals surface area contributed by atoms with Crippen LogP contribution in [-0.4, -0.2) is 24.4 Å².